The van der Waals surface area contributed by atoms with Crippen molar-refractivity contribution in [3.05, 3.63) is 51.8 Å². The molecule has 0 radical (unpaired) electrons. The topological polar surface area (TPSA) is 52.8 Å². The van der Waals surface area contributed by atoms with Crippen LogP contribution >= 0.6 is 11.3 Å². The second-order valence-corrected chi connectivity index (χ2v) is 8.33. The summed E-state index contributed by atoms with van der Waals surface area (Å²) in [7, 11) is 3.26. The van der Waals surface area contributed by atoms with Gasteiger partial charge in [-0.25, -0.2) is 0 Å². The zero-order chi connectivity index (χ0) is 20.4. The summed E-state index contributed by atoms with van der Waals surface area (Å²) >= 11 is 1.50. The van der Waals surface area contributed by atoms with Gasteiger partial charge in [0.2, 0.25) is 0 Å². The second kappa shape index (κ2) is 8.41. The van der Waals surface area contributed by atoms with Gasteiger partial charge in [0.1, 0.15) is 0 Å². The molecule has 3 aromatic rings. The fourth-order valence-electron chi connectivity index (χ4n) is 3.94. The van der Waals surface area contributed by atoms with Gasteiger partial charge in [-0.15, -0.1) is 0 Å². The summed E-state index contributed by atoms with van der Waals surface area (Å²) < 4.78 is 14.0. The van der Waals surface area contributed by atoms with Crippen LogP contribution in [0.4, 0.5) is 0 Å². The molecule has 1 aliphatic rings. The van der Waals surface area contributed by atoms with Crippen molar-refractivity contribution in [3.8, 4) is 11.5 Å². The lowest BCUT2D eigenvalue weighted by atomic mass is 9.90. The van der Waals surface area contributed by atoms with E-state index in [4.69, 9.17) is 9.47 Å². The van der Waals surface area contributed by atoms with Gasteiger partial charge in [-0.3, -0.25) is 4.79 Å². The monoisotopic (exact) mass is 410 g/mol. The van der Waals surface area contributed by atoms with Crippen LogP contribution in [0.25, 0.3) is 10.2 Å². The minimum Gasteiger partial charge on any atom is -0.493 e. The molecule has 0 N–H and O–H groups in total. The first-order chi connectivity index (χ1) is 14.1. The largest absolute Gasteiger partial charge is 0.493 e. The van der Waals surface area contributed by atoms with Gasteiger partial charge in [0, 0.05) is 24.2 Å². The van der Waals surface area contributed by atoms with E-state index in [1.807, 2.05) is 24.3 Å². The SMILES string of the molecule is CCCn1c(=NC(=O)c2ccc3c(c2)CCCC3)sc2cc(OC)c(OC)cc21. The normalized spacial score (nSPS) is 14.1. The molecule has 0 fully saturated rings. The quantitative estimate of drug-likeness (QED) is 0.610. The van der Waals surface area contributed by atoms with Gasteiger partial charge in [-0.2, -0.15) is 4.99 Å². The van der Waals surface area contributed by atoms with Crippen molar-refractivity contribution in [3.63, 3.8) is 0 Å². The predicted octanol–water partition coefficient (Wildman–Crippen LogP) is 4.75. The Balaban J connectivity index is 1.80. The Morgan fingerprint density at radius 1 is 1.07 bits per heavy atom. The van der Waals surface area contributed by atoms with E-state index in [-0.39, 0.29) is 5.91 Å². The molecule has 1 aromatic heterocycles. The lowest BCUT2D eigenvalue weighted by Gasteiger charge is -2.15. The standard InChI is InChI=1S/C23H26N2O3S/c1-4-11-25-18-13-19(27-2)20(28-3)14-21(18)29-23(25)24-22(26)17-10-9-15-7-5-6-8-16(15)12-17/h9-10,12-14H,4-8,11H2,1-3H3. The van der Waals surface area contributed by atoms with E-state index in [2.05, 4.69) is 22.5 Å². The van der Waals surface area contributed by atoms with E-state index in [0.717, 1.165) is 36.0 Å². The predicted molar refractivity (Wildman–Crippen MR) is 116 cm³/mol. The maximum atomic E-state index is 13.0. The number of rotatable bonds is 5. The zero-order valence-electron chi connectivity index (χ0n) is 17.2. The van der Waals surface area contributed by atoms with Gasteiger partial charge in [0.25, 0.3) is 5.91 Å². The molecule has 2 aromatic carbocycles. The number of amides is 1. The smallest absolute Gasteiger partial charge is 0.279 e. The van der Waals surface area contributed by atoms with Crippen LogP contribution in [0.5, 0.6) is 11.5 Å². The van der Waals surface area contributed by atoms with Crippen LogP contribution in [0.3, 0.4) is 0 Å². The molecule has 5 nitrogen and oxygen atoms in total. The van der Waals surface area contributed by atoms with Crippen molar-refractivity contribution in [2.24, 2.45) is 4.99 Å². The number of benzene rings is 2. The third-order valence-corrected chi connectivity index (χ3v) is 6.47. The van der Waals surface area contributed by atoms with Gasteiger partial charge in [-0.1, -0.05) is 24.3 Å². The summed E-state index contributed by atoms with van der Waals surface area (Å²) in [6.07, 6.45) is 5.53. The summed E-state index contributed by atoms with van der Waals surface area (Å²) in [4.78, 5) is 18.2. The molecule has 1 aliphatic carbocycles. The van der Waals surface area contributed by atoms with Crippen molar-refractivity contribution in [2.75, 3.05) is 14.2 Å². The summed E-state index contributed by atoms with van der Waals surface area (Å²) in [5.41, 5.74) is 4.34. The first-order valence-electron chi connectivity index (χ1n) is 10.1. The molecule has 1 heterocycles. The van der Waals surface area contributed by atoms with E-state index in [1.54, 1.807) is 14.2 Å². The maximum Gasteiger partial charge on any atom is 0.279 e. The van der Waals surface area contributed by atoms with E-state index in [9.17, 15) is 4.79 Å². The fraction of sp³-hybridized carbons (Fsp3) is 0.391. The molecule has 0 unspecified atom stereocenters. The van der Waals surface area contributed by atoms with E-state index >= 15 is 0 Å². The molecule has 0 bridgehead atoms. The first-order valence-corrected chi connectivity index (χ1v) is 10.9. The fourth-order valence-corrected chi connectivity index (χ4v) is 5.00. The Morgan fingerprint density at radius 3 is 2.52 bits per heavy atom. The summed E-state index contributed by atoms with van der Waals surface area (Å²) in [6.45, 7) is 2.90. The lowest BCUT2D eigenvalue weighted by Crippen LogP contribution is -2.17. The molecular formula is C23H26N2O3S. The summed E-state index contributed by atoms with van der Waals surface area (Å²) in [6, 6.07) is 9.96. The Morgan fingerprint density at radius 2 is 1.79 bits per heavy atom. The average molecular weight is 411 g/mol. The third kappa shape index (κ3) is 3.81. The maximum absolute atomic E-state index is 13.0. The number of hydrogen-bond donors (Lipinski definition) is 0. The number of thiazole rings is 1. The Hall–Kier alpha value is -2.60. The molecule has 1 amide bonds. The van der Waals surface area contributed by atoms with Crippen LogP contribution < -0.4 is 14.3 Å². The van der Waals surface area contributed by atoms with E-state index in [0.29, 0.717) is 21.9 Å². The Kier molecular flexibility index (Phi) is 5.72. The molecular weight excluding hydrogens is 384 g/mol. The number of aromatic nitrogens is 1. The minimum absolute atomic E-state index is 0.186. The molecule has 6 heteroatoms. The van der Waals surface area contributed by atoms with Crippen molar-refractivity contribution in [1.82, 2.24) is 4.57 Å². The number of carbonyl (C=O) groups is 1. The van der Waals surface area contributed by atoms with Crippen LogP contribution in [-0.4, -0.2) is 24.7 Å². The third-order valence-electron chi connectivity index (χ3n) is 5.43. The lowest BCUT2D eigenvalue weighted by molar-refractivity contribution is 0.0997. The highest BCUT2D eigenvalue weighted by Crippen LogP contribution is 2.33. The van der Waals surface area contributed by atoms with Gasteiger partial charge in [0.15, 0.2) is 16.3 Å². The molecule has 0 aliphatic heterocycles. The van der Waals surface area contributed by atoms with Crippen molar-refractivity contribution in [1.29, 1.82) is 0 Å². The average Bonchev–Trinajstić information content (AvgIpc) is 3.08. The van der Waals surface area contributed by atoms with Crippen LogP contribution in [0, 0.1) is 0 Å². The molecule has 0 spiro atoms. The number of hydrogen-bond acceptors (Lipinski definition) is 4. The zero-order valence-corrected chi connectivity index (χ0v) is 18.0. The number of ether oxygens (including phenoxy) is 2. The molecule has 4 rings (SSSR count). The van der Waals surface area contributed by atoms with Gasteiger partial charge in [0.05, 0.1) is 24.4 Å². The van der Waals surface area contributed by atoms with Gasteiger partial charge >= 0.3 is 0 Å². The number of nitrogens with zero attached hydrogens (tertiary/aromatic N) is 2. The van der Waals surface area contributed by atoms with Crippen LogP contribution in [0.1, 0.15) is 47.7 Å². The Labute approximate surface area is 174 Å². The van der Waals surface area contributed by atoms with Crippen molar-refractivity contribution >= 4 is 27.5 Å². The molecule has 0 atom stereocenters. The highest BCUT2D eigenvalue weighted by atomic mass is 32.1. The van der Waals surface area contributed by atoms with Crippen molar-refractivity contribution in [2.45, 2.75) is 45.6 Å². The molecule has 0 saturated carbocycles. The van der Waals surface area contributed by atoms with Gasteiger partial charge < -0.3 is 14.0 Å². The molecule has 152 valence electrons. The summed E-state index contributed by atoms with van der Waals surface area (Å²) in [5, 5.41) is 0. The Bertz CT molecular complexity index is 1130. The second-order valence-electron chi connectivity index (χ2n) is 7.32. The number of methoxy groups -OCH3 is 2. The minimum atomic E-state index is -0.186. The number of aryl methyl sites for hydroxylation is 3. The highest BCUT2D eigenvalue weighted by Gasteiger charge is 2.15. The van der Waals surface area contributed by atoms with Crippen LogP contribution in [0.2, 0.25) is 0 Å². The van der Waals surface area contributed by atoms with Crippen molar-refractivity contribution < 1.29 is 14.3 Å². The van der Waals surface area contributed by atoms with Crippen LogP contribution in [-0.2, 0) is 19.4 Å². The highest BCUT2D eigenvalue weighted by molar-refractivity contribution is 7.16. The number of carbonyl (C=O) groups excluding carboxylic acids is 1. The summed E-state index contributed by atoms with van der Waals surface area (Å²) in [5.74, 6) is 1.17. The van der Waals surface area contributed by atoms with Crippen LogP contribution in [0.15, 0.2) is 35.3 Å². The molecule has 0 saturated heterocycles. The van der Waals surface area contributed by atoms with E-state index < -0.39 is 0 Å². The first kappa shape index (κ1) is 19.7. The molecule has 29 heavy (non-hydrogen) atoms. The van der Waals surface area contributed by atoms with E-state index in [1.165, 1.54) is 35.3 Å². The number of fused-ring (bicyclic) bond motifs is 2. The van der Waals surface area contributed by atoms with Gasteiger partial charge in [-0.05, 0) is 55.4 Å².